The standard InChI is InChI=1S/C22H34O3/c1-8-9-18(23)10-11-25-22(24)21-19(15(4)5)12-17(14(2)3)13-20(21)16(6)7/h8,12-16,18,23H,1,9-11H2,2-7H3/t18-/m1/s1. The number of hydrogen-bond acceptors (Lipinski definition) is 3. The minimum atomic E-state index is -0.511. The van der Waals surface area contributed by atoms with Crippen LogP contribution >= 0.6 is 0 Å². The fourth-order valence-corrected chi connectivity index (χ4v) is 2.86. The minimum absolute atomic E-state index is 0.217. The van der Waals surface area contributed by atoms with Gasteiger partial charge >= 0.3 is 5.97 Å². The van der Waals surface area contributed by atoms with Crippen molar-refractivity contribution in [2.75, 3.05) is 6.61 Å². The number of esters is 1. The van der Waals surface area contributed by atoms with E-state index in [9.17, 15) is 9.90 Å². The van der Waals surface area contributed by atoms with Gasteiger partial charge < -0.3 is 9.84 Å². The Balaban J connectivity index is 3.14. The molecule has 0 aromatic heterocycles. The summed E-state index contributed by atoms with van der Waals surface area (Å²) in [7, 11) is 0. The van der Waals surface area contributed by atoms with Crippen LogP contribution in [0.15, 0.2) is 24.8 Å². The highest BCUT2D eigenvalue weighted by molar-refractivity contribution is 5.93. The Morgan fingerprint density at radius 2 is 1.60 bits per heavy atom. The van der Waals surface area contributed by atoms with Crippen molar-refractivity contribution in [3.05, 3.63) is 47.0 Å². The summed E-state index contributed by atoms with van der Waals surface area (Å²) in [6.07, 6.45) is 2.10. The SMILES string of the molecule is C=CC[C@@H](O)CCOC(=O)c1c(C(C)C)cc(C(C)C)cc1C(C)C. The number of hydrogen-bond donors (Lipinski definition) is 1. The van der Waals surface area contributed by atoms with E-state index in [0.29, 0.717) is 24.3 Å². The molecule has 1 rings (SSSR count). The van der Waals surface area contributed by atoms with Crippen LogP contribution in [0.3, 0.4) is 0 Å². The summed E-state index contributed by atoms with van der Waals surface area (Å²) in [5.74, 6) is 0.609. The molecule has 1 aromatic carbocycles. The topological polar surface area (TPSA) is 46.5 Å². The molecule has 0 spiro atoms. The van der Waals surface area contributed by atoms with Crippen LogP contribution in [0, 0.1) is 0 Å². The Labute approximate surface area is 153 Å². The van der Waals surface area contributed by atoms with Crippen LogP contribution < -0.4 is 0 Å². The summed E-state index contributed by atoms with van der Waals surface area (Å²) < 4.78 is 5.49. The first-order valence-electron chi connectivity index (χ1n) is 9.32. The highest BCUT2D eigenvalue weighted by atomic mass is 16.5. The van der Waals surface area contributed by atoms with Crippen molar-refractivity contribution in [1.29, 1.82) is 0 Å². The molecular weight excluding hydrogens is 312 g/mol. The van der Waals surface area contributed by atoms with E-state index in [1.165, 1.54) is 5.56 Å². The third-order valence-electron chi connectivity index (χ3n) is 4.46. The minimum Gasteiger partial charge on any atom is -0.462 e. The quantitative estimate of drug-likeness (QED) is 0.471. The summed E-state index contributed by atoms with van der Waals surface area (Å²) in [6.45, 7) is 16.6. The van der Waals surface area contributed by atoms with E-state index in [4.69, 9.17) is 4.74 Å². The molecular formula is C22H34O3. The first kappa shape index (κ1) is 21.4. The van der Waals surface area contributed by atoms with Crippen LogP contribution in [0.2, 0.25) is 0 Å². The second kappa shape index (κ2) is 9.76. The summed E-state index contributed by atoms with van der Waals surface area (Å²) in [5, 5.41) is 9.75. The molecule has 0 fully saturated rings. The molecule has 0 saturated heterocycles. The van der Waals surface area contributed by atoms with Gasteiger partial charge in [-0.2, -0.15) is 0 Å². The molecule has 0 unspecified atom stereocenters. The molecule has 3 nitrogen and oxygen atoms in total. The van der Waals surface area contributed by atoms with Gasteiger partial charge in [-0.1, -0.05) is 59.8 Å². The van der Waals surface area contributed by atoms with E-state index < -0.39 is 6.10 Å². The smallest absolute Gasteiger partial charge is 0.338 e. The van der Waals surface area contributed by atoms with Crippen molar-refractivity contribution in [3.8, 4) is 0 Å². The molecule has 0 amide bonds. The van der Waals surface area contributed by atoms with Crippen molar-refractivity contribution >= 4 is 5.97 Å². The van der Waals surface area contributed by atoms with Gasteiger partial charge in [0.15, 0.2) is 0 Å². The lowest BCUT2D eigenvalue weighted by Crippen LogP contribution is -2.17. The van der Waals surface area contributed by atoms with E-state index in [1.54, 1.807) is 6.08 Å². The van der Waals surface area contributed by atoms with Gasteiger partial charge in [0.25, 0.3) is 0 Å². The van der Waals surface area contributed by atoms with Gasteiger partial charge in [0, 0.05) is 6.42 Å². The number of benzene rings is 1. The van der Waals surface area contributed by atoms with Crippen LogP contribution in [-0.2, 0) is 4.74 Å². The largest absolute Gasteiger partial charge is 0.462 e. The normalized spacial score (nSPS) is 12.7. The average molecular weight is 347 g/mol. The number of ether oxygens (including phenoxy) is 1. The molecule has 1 N–H and O–H groups in total. The van der Waals surface area contributed by atoms with Crippen LogP contribution in [0.5, 0.6) is 0 Å². The van der Waals surface area contributed by atoms with E-state index in [0.717, 1.165) is 11.1 Å². The fourth-order valence-electron chi connectivity index (χ4n) is 2.86. The van der Waals surface area contributed by atoms with Gasteiger partial charge in [-0.25, -0.2) is 4.79 Å². The summed E-state index contributed by atoms with van der Waals surface area (Å²) >= 11 is 0. The van der Waals surface area contributed by atoms with Gasteiger partial charge in [-0.15, -0.1) is 6.58 Å². The van der Waals surface area contributed by atoms with Crippen molar-refractivity contribution < 1.29 is 14.6 Å². The molecule has 0 aliphatic rings. The Morgan fingerprint density at radius 1 is 1.08 bits per heavy atom. The maximum absolute atomic E-state index is 12.8. The highest BCUT2D eigenvalue weighted by Gasteiger charge is 2.23. The van der Waals surface area contributed by atoms with Gasteiger partial charge in [0.2, 0.25) is 0 Å². The predicted octanol–water partition coefficient (Wildman–Crippen LogP) is 5.54. The number of carbonyl (C=O) groups excluding carboxylic acids is 1. The van der Waals surface area contributed by atoms with Crippen molar-refractivity contribution in [1.82, 2.24) is 0 Å². The van der Waals surface area contributed by atoms with E-state index in [2.05, 4.69) is 60.3 Å². The van der Waals surface area contributed by atoms with E-state index in [-0.39, 0.29) is 24.4 Å². The zero-order chi connectivity index (χ0) is 19.1. The Bertz CT molecular complexity index is 556. The zero-order valence-corrected chi connectivity index (χ0v) is 16.6. The van der Waals surface area contributed by atoms with Gasteiger partial charge in [-0.3, -0.25) is 0 Å². The molecule has 0 heterocycles. The number of carbonyl (C=O) groups is 1. The summed E-state index contributed by atoms with van der Waals surface area (Å²) in [6, 6.07) is 4.29. The lowest BCUT2D eigenvalue weighted by atomic mass is 9.84. The molecule has 140 valence electrons. The predicted molar refractivity (Wildman–Crippen MR) is 104 cm³/mol. The van der Waals surface area contributed by atoms with Crippen molar-refractivity contribution in [2.45, 2.75) is 78.2 Å². The third-order valence-corrected chi connectivity index (χ3v) is 4.46. The van der Waals surface area contributed by atoms with Crippen molar-refractivity contribution in [3.63, 3.8) is 0 Å². The van der Waals surface area contributed by atoms with E-state index in [1.807, 2.05) is 0 Å². The summed E-state index contributed by atoms with van der Waals surface area (Å²) in [5.41, 5.74) is 4.05. The first-order chi connectivity index (χ1) is 11.7. The van der Waals surface area contributed by atoms with Gasteiger partial charge in [-0.05, 0) is 40.9 Å². The van der Waals surface area contributed by atoms with Crippen LogP contribution in [0.4, 0.5) is 0 Å². The van der Waals surface area contributed by atoms with E-state index >= 15 is 0 Å². The number of aliphatic hydroxyl groups excluding tert-OH is 1. The molecule has 0 saturated carbocycles. The molecule has 0 aliphatic heterocycles. The average Bonchev–Trinajstić information content (AvgIpc) is 2.53. The highest BCUT2D eigenvalue weighted by Crippen LogP contribution is 2.32. The molecule has 0 aliphatic carbocycles. The monoisotopic (exact) mass is 346 g/mol. The molecule has 1 aromatic rings. The Morgan fingerprint density at radius 3 is 2.00 bits per heavy atom. The molecule has 3 heteroatoms. The molecule has 0 radical (unpaired) electrons. The van der Waals surface area contributed by atoms with Crippen molar-refractivity contribution in [2.24, 2.45) is 0 Å². The first-order valence-corrected chi connectivity index (χ1v) is 9.32. The Hall–Kier alpha value is -1.61. The Kier molecular flexibility index (Phi) is 8.37. The second-order valence-electron chi connectivity index (χ2n) is 7.64. The lowest BCUT2D eigenvalue weighted by Gasteiger charge is -2.22. The summed E-state index contributed by atoms with van der Waals surface area (Å²) in [4.78, 5) is 12.8. The third kappa shape index (κ3) is 6.00. The zero-order valence-electron chi connectivity index (χ0n) is 16.6. The molecule has 0 bridgehead atoms. The number of rotatable bonds is 9. The second-order valence-corrected chi connectivity index (χ2v) is 7.64. The van der Waals surface area contributed by atoms with Gasteiger partial charge in [0.05, 0.1) is 18.3 Å². The molecule has 1 atom stereocenters. The maximum atomic E-state index is 12.8. The van der Waals surface area contributed by atoms with Gasteiger partial charge in [0.1, 0.15) is 0 Å². The number of aliphatic hydroxyl groups is 1. The maximum Gasteiger partial charge on any atom is 0.338 e. The molecule has 25 heavy (non-hydrogen) atoms. The fraction of sp³-hybridized carbons (Fsp3) is 0.591. The van der Waals surface area contributed by atoms with Crippen LogP contribution in [0.1, 0.15) is 99.2 Å². The van der Waals surface area contributed by atoms with Crippen LogP contribution in [0.25, 0.3) is 0 Å². The van der Waals surface area contributed by atoms with Crippen LogP contribution in [-0.4, -0.2) is 23.8 Å². The lowest BCUT2D eigenvalue weighted by molar-refractivity contribution is 0.0430.